The van der Waals surface area contributed by atoms with Gasteiger partial charge in [-0.05, 0) is 30.2 Å². The monoisotopic (exact) mass is 431 g/mol. The Balaban J connectivity index is 1.44. The standard InChI is InChI=1S/C20H21N3O4S2/c24-29(25,23-10-12-26-13-11-23)18-8-4-7-17(15-18)19-21-22-20(27-19)28-14-9-16-5-2-1-3-6-16/h1-8,15H,9-14H2. The van der Waals surface area contributed by atoms with Gasteiger partial charge in [0.1, 0.15) is 0 Å². The Kier molecular flexibility index (Phi) is 6.29. The molecule has 7 nitrogen and oxygen atoms in total. The first-order valence-electron chi connectivity index (χ1n) is 9.31. The zero-order chi connectivity index (χ0) is 20.1. The second kappa shape index (κ2) is 9.08. The summed E-state index contributed by atoms with van der Waals surface area (Å²) in [6.45, 7) is 1.53. The summed E-state index contributed by atoms with van der Waals surface area (Å²) in [6.07, 6.45) is 0.899. The highest BCUT2D eigenvalue weighted by Gasteiger charge is 2.26. The molecular weight excluding hydrogens is 410 g/mol. The van der Waals surface area contributed by atoms with E-state index in [1.54, 1.807) is 24.3 Å². The maximum absolute atomic E-state index is 12.9. The normalized spacial score (nSPS) is 15.4. The predicted octanol–water partition coefficient (Wildman–Crippen LogP) is 3.09. The third kappa shape index (κ3) is 4.87. The fraction of sp³-hybridized carbons (Fsp3) is 0.300. The van der Waals surface area contributed by atoms with E-state index in [1.807, 2.05) is 18.2 Å². The molecule has 0 amide bonds. The molecule has 0 unspecified atom stereocenters. The second-order valence-electron chi connectivity index (χ2n) is 6.50. The fourth-order valence-electron chi connectivity index (χ4n) is 3.01. The molecule has 3 aromatic rings. The number of aryl methyl sites for hydroxylation is 1. The van der Waals surface area contributed by atoms with Crippen LogP contribution >= 0.6 is 11.8 Å². The number of benzene rings is 2. The lowest BCUT2D eigenvalue weighted by Gasteiger charge is -2.26. The van der Waals surface area contributed by atoms with E-state index in [9.17, 15) is 8.42 Å². The van der Waals surface area contributed by atoms with E-state index in [4.69, 9.17) is 9.15 Å². The van der Waals surface area contributed by atoms with Crippen LogP contribution in [0.2, 0.25) is 0 Å². The lowest BCUT2D eigenvalue weighted by molar-refractivity contribution is 0.0730. The van der Waals surface area contributed by atoms with Gasteiger partial charge in [0.15, 0.2) is 0 Å². The molecular formula is C20H21N3O4S2. The molecule has 152 valence electrons. The number of rotatable bonds is 7. The lowest BCUT2D eigenvalue weighted by Crippen LogP contribution is -2.40. The van der Waals surface area contributed by atoms with E-state index in [2.05, 4.69) is 22.3 Å². The van der Waals surface area contributed by atoms with E-state index in [1.165, 1.54) is 21.6 Å². The Morgan fingerprint density at radius 3 is 2.59 bits per heavy atom. The average Bonchev–Trinajstić information content (AvgIpc) is 3.24. The quantitative estimate of drug-likeness (QED) is 0.531. The minimum absolute atomic E-state index is 0.216. The summed E-state index contributed by atoms with van der Waals surface area (Å²) >= 11 is 1.48. The van der Waals surface area contributed by atoms with E-state index < -0.39 is 10.0 Å². The summed E-state index contributed by atoms with van der Waals surface area (Å²) in [6, 6.07) is 16.8. The fourth-order valence-corrected chi connectivity index (χ4v) is 5.21. The van der Waals surface area contributed by atoms with Gasteiger partial charge in [-0.1, -0.05) is 48.2 Å². The Hall–Kier alpha value is -2.20. The zero-order valence-corrected chi connectivity index (χ0v) is 17.4. The van der Waals surface area contributed by atoms with Gasteiger partial charge >= 0.3 is 0 Å². The number of sulfonamides is 1. The maximum atomic E-state index is 12.9. The molecule has 1 fully saturated rings. The number of thioether (sulfide) groups is 1. The summed E-state index contributed by atoms with van der Waals surface area (Å²) < 4.78 is 38.1. The van der Waals surface area contributed by atoms with Crippen molar-refractivity contribution in [3.63, 3.8) is 0 Å². The summed E-state index contributed by atoms with van der Waals surface area (Å²) in [5.74, 6) is 1.13. The molecule has 1 aromatic heterocycles. The largest absolute Gasteiger partial charge is 0.411 e. The van der Waals surface area contributed by atoms with Crippen molar-refractivity contribution in [1.82, 2.24) is 14.5 Å². The highest BCUT2D eigenvalue weighted by atomic mass is 32.2. The Labute approximate surface area is 174 Å². The van der Waals surface area contributed by atoms with Crippen molar-refractivity contribution in [1.29, 1.82) is 0 Å². The third-order valence-electron chi connectivity index (χ3n) is 4.55. The number of hydrogen-bond donors (Lipinski definition) is 0. The first kappa shape index (κ1) is 20.1. The molecule has 9 heteroatoms. The van der Waals surface area contributed by atoms with Crippen LogP contribution in [0.1, 0.15) is 5.56 Å². The van der Waals surface area contributed by atoms with Crippen molar-refractivity contribution in [2.75, 3.05) is 32.1 Å². The molecule has 2 aromatic carbocycles. The highest BCUT2D eigenvalue weighted by Crippen LogP contribution is 2.26. The van der Waals surface area contributed by atoms with Crippen LogP contribution in [-0.2, 0) is 21.2 Å². The van der Waals surface area contributed by atoms with Crippen LogP contribution in [-0.4, -0.2) is 55.0 Å². The van der Waals surface area contributed by atoms with Crippen LogP contribution < -0.4 is 0 Å². The van der Waals surface area contributed by atoms with Crippen molar-refractivity contribution in [2.45, 2.75) is 16.5 Å². The molecule has 0 radical (unpaired) electrons. The molecule has 0 saturated carbocycles. The molecule has 29 heavy (non-hydrogen) atoms. The maximum Gasteiger partial charge on any atom is 0.276 e. The van der Waals surface area contributed by atoms with Crippen molar-refractivity contribution >= 4 is 21.8 Å². The third-order valence-corrected chi connectivity index (χ3v) is 7.27. The summed E-state index contributed by atoms with van der Waals surface area (Å²) in [5.41, 5.74) is 1.84. The van der Waals surface area contributed by atoms with Crippen LogP contribution in [0.25, 0.3) is 11.5 Å². The summed E-state index contributed by atoms with van der Waals surface area (Å²) in [7, 11) is -3.57. The van der Waals surface area contributed by atoms with Crippen LogP contribution in [0.3, 0.4) is 0 Å². The minimum atomic E-state index is -3.57. The molecule has 4 rings (SSSR count). The topological polar surface area (TPSA) is 85.5 Å². The van der Waals surface area contributed by atoms with Crippen LogP contribution in [0.4, 0.5) is 0 Å². The molecule has 2 heterocycles. The van der Waals surface area contributed by atoms with E-state index in [-0.39, 0.29) is 4.90 Å². The second-order valence-corrected chi connectivity index (χ2v) is 9.49. The highest BCUT2D eigenvalue weighted by molar-refractivity contribution is 7.99. The average molecular weight is 432 g/mol. The molecule has 0 N–H and O–H groups in total. The van der Waals surface area contributed by atoms with Crippen molar-refractivity contribution in [3.05, 3.63) is 60.2 Å². The van der Waals surface area contributed by atoms with Gasteiger partial charge in [0, 0.05) is 24.4 Å². The molecule has 1 aliphatic heterocycles. The summed E-state index contributed by atoms with van der Waals surface area (Å²) in [4.78, 5) is 0.216. The van der Waals surface area contributed by atoms with Gasteiger partial charge in [-0.25, -0.2) is 8.42 Å². The summed E-state index contributed by atoms with van der Waals surface area (Å²) in [5, 5.41) is 8.63. The first-order valence-corrected chi connectivity index (χ1v) is 11.7. The van der Waals surface area contributed by atoms with E-state index >= 15 is 0 Å². The van der Waals surface area contributed by atoms with Crippen LogP contribution in [0, 0.1) is 0 Å². The number of aromatic nitrogens is 2. The first-order chi connectivity index (χ1) is 14.1. The number of nitrogens with zero attached hydrogens (tertiary/aromatic N) is 3. The molecule has 1 saturated heterocycles. The Bertz CT molecular complexity index is 1050. The zero-order valence-electron chi connectivity index (χ0n) is 15.7. The van der Waals surface area contributed by atoms with Gasteiger partial charge in [0.25, 0.3) is 5.22 Å². The number of morpholine rings is 1. The molecule has 0 aliphatic carbocycles. The lowest BCUT2D eigenvalue weighted by atomic mass is 10.2. The number of ether oxygens (including phenoxy) is 1. The smallest absolute Gasteiger partial charge is 0.276 e. The minimum Gasteiger partial charge on any atom is -0.411 e. The van der Waals surface area contributed by atoms with Crippen molar-refractivity contribution in [3.8, 4) is 11.5 Å². The SMILES string of the molecule is O=S(=O)(c1cccc(-c2nnc(SCCc3ccccc3)o2)c1)N1CCOCC1. The van der Waals surface area contributed by atoms with E-state index in [0.717, 1.165) is 12.2 Å². The Morgan fingerprint density at radius 1 is 1.00 bits per heavy atom. The van der Waals surface area contributed by atoms with Crippen LogP contribution in [0.5, 0.6) is 0 Å². The van der Waals surface area contributed by atoms with Gasteiger partial charge in [0.2, 0.25) is 15.9 Å². The molecule has 0 spiro atoms. The molecule has 0 atom stereocenters. The van der Waals surface area contributed by atoms with Gasteiger partial charge in [-0.15, -0.1) is 10.2 Å². The van der Waals surface area contributed by atoms with Gasteiger partial charge < -0.3 is 9.15 Å². The van der Waals surface area contributed by atoms with Gasteiger partial charge in [-0.3, -0.25) is 0 Å². The van der Waals surface area contributed by atoms with Crippen molar-refractivity contribution in [2.24, 2.45) is 0 Å². The van der Waals surface area contributed by atoms with E-state index in [0.29, 0.717) is 43.0 Å². The predicted molar refractivity (Wildman–Crippen MR) is 110 cm³/mol. The van der Waals surface area contributed by atoms with Gasteiger partial charge in [-0.2, -0.15) is 4.31 Å². The van der Waals surface area contributed by atoms with Crippen LogP contribution in [0.15, 0.2) is 69.1 Å². The van der Waals surface area contributed by atoms with Gasteiger partial charge in [0.05, 0.1) is 18.1 Å². The Morgan fingerprint density at radius 2 is 1.79 bits per heavy atom. The molecule has 1 aliphatic rings. The van der Waals surface area contributed by atoms with Crippen molar-refractivity contribution < 1.29 is 17.6 Å². The molecule has 0 bridgehead atoms. The number of hydrogen-bond acceptors (Lipinski definition) is 7.